The molecule has 0 aliphatic heterocycles. The van der Waals surface area contributed by atoms with Gasteiger partial charge in [0.15, 0.2) is 0 Å². The lowest BCUT2D eigenvalue weighted by Crippen LogP contribution is -2.51. The van der Waals surface area contributed by atoms with E-state index in [-0.39, 0.29) is 30.2 Å². The van der Waals surface area contributed by atoms with Gasteiger partial charge in [0, 0.05) is 41.9 Å². The molecule has 1 aromatic heterocycles. The van der Waals surface area contributed by atoms with E-state index in [0.29, 0.717) is 12.8 Å². The molecule has 0 radical (unpaired) electrons. The molecule has 2 atom stereocenters. The van der Waals surface area contributed by atoms with Gasteiger partial charge in [-0.05, 0) is 25.0 Å². The van der Waals surface area contributed by atoms with Gasteiger partial charge in [-0.1, -0.05) is 32.0 Å². The van der Waals surface area contributed by atoms with Crippen molar-refractivity contribution in [3.8, 4) is 0 Å². The topological polar surface area (TPSA) is 111 Å². The summed E-state index contributed by atoms with van der Waals surface area (Å²) in [6.07, 6.45) is 2.51. The Balaban J connectivity index is 2.14. The van der Waals surface area contributed by atoms with Crippen LogP contribution in [-0.2, 0) is 20.8 Å². The monoisotopic (exact) mass is 373 g/mol. The fourth-order valence-electron chi connectivity index (χ4n) is 2.82. The number of aromatic nitrogens is 1. The third-order valence-electron chi connectivity index (χ3n) is 4.44. The number of para-hydroxylation sites is 1. The Morgan fingerprint density at radius 2 is 1.78 bits per heavy atom. The quantitative estimate of drug-likeness (QED) is 0.540. The van der Waals surface area contributed by atoms with Crippen LogP contribution in [0.3, 0.4) is 0 Å². The molecule has 0 fully saturated rings. The van der Waals surface area contributed by atoms with E-state index >= 15 is 0 Å². The molecule has 2 rings (SSSR count). The number of aromatic amines is 1. The number of hydrogen-bond donors (Lipinski definition) is 4. The van der Waals surface area contributed by atoms with Crippen molar-refractivity contribution in [3.63, 3.8) is 0 Å². The molecule has 7 heteroatoms. The number of rotatable bonds is 9. The zero-order valence-electron chi connectivity index (χ0n) is 15.9. The molecule has 0 aliphatic rings. The summed E-state index contributed by atoms with van der Waals surface area (Å²) >= 11 is 0. The van der Waals surface area contributed by atoms with Crippen molar-refractivity contribution in [3.05, 3.63) is 36.0 Å². The summed E-state index contributed by atoms with van der Waals surface area (Å²) in [6.45, 7) is 5.30. The highest BCUT2D eigenvalue weighted by molar-refractivity contribution is 5.90. The van der Waals surface area contributed by atoms with Crippen LogP contribution in [0.5, 0.6) is 0 Å². The SMILES string of the molecule is CC(CCC(=O)O)NC(=O)C(Cc1c[nH]c2ccccc12)NC(=O)C(C)C. The Morgan fingerprint density at radius 1 is 1.07 bits per heavy atom. The molecule has 146 valence electrons. The Morgan fingerprint density at radius 3 is 2.44 bits per heavy atom. The van der Waals surface area contributed by atoms with Gasteiger partial charge in [0.25, 0.3) is 0 Å². The van der Waals surface area contributed by atoms with Gasteiger partial charge in [-0.3, -0.25) is 14.4 Å². The first-order chi connectivity index (χ1) is 12.8. The van der Waals surface area contributed by atoms with Crippen molar-refractivity contribution in [1.29, 1.82) is 0 Å². The second-order valence-corrected chi connectivity index (χ2v) is 7.12. The van der Waals surface area contributed by atoms with E-state index in [4.69, 9.17) is 5.11 Å². The summed E-state index contributed by atoms with van der Waals surface area (Å²) in [5.74, 6) is -1.66. The summed E-state index contributed by atoms with van der Waals surface area (Å²) in [5, 5.41) is 15.4. The number of carbonyl (C=O) groups excluding carboxylic acids is 2. The van der Waals surface area contributed by atoms with Gasteiger partial charge in [0.1, 0.15) is 6.04 Å². The summed E-state index contributed by atoms with van der Waals surface area (Å²) < 4.78 is 0. The number of carboxylic acid groups (broad SMARTS) is 1. The van der Waals surface area contributed by atoms with Gasteiger partial charge in [-0.15, -0.1) is 0 Å². The van der Waals surface area contributed by atoms with Gasteiger partial charge in [0.2, 0.25) is 11.8 Å². The van der Waals surface area contributed by atoms with Crippen LogP contribution in [0.1, 0.15) is 39.2 Å². The second kappa shape index (κ2) is 9.21. The number of hydrogen-bond acceptors (Lipinski definition) is 3. The Labute approximate surface area is 158 Å². The standard InChI is InChI=1S/C20H27N3O4/c1-12(2)19(26)23-17(20(27)22-13(3)8-9-18(24)25)10-14-11-21-16-7-5-4-6-15(14)16/h4-7,11-13,17,21H,8-10H2,1-3H3,(H,22,27)(H,23,26)(H,24,25). The van der Waals surface area contributed by atoms with Crippen molar-refractivity contribution in [2.24, 2.45) is 5.92 Å². The molecular formula is C20H27N3O4. The Hall–Kier alpha value is -2.83. The van der Waals surface area contributed by atoms with Crippen LogP contribution < -0.4 is 10.6 Å². The molecule has 2 unspecified atom stereocenters. The van der Waals surface area contributed by atoms with E-state index in [9.17, 15) is 14.4 Å². The Bertz CT molecular complexity index is 812. The third kappa shape index (κ3) is 5.84. The second-order valence-electron chi connectivity index (χ2n) is 7.12. The summed E-state index contributed by atoms with van der Waals surface area (Å²) in [7, 11) is 0. The lowest BCUT2D eigenvalue weighted by Gasteiger charge is -2.22. The fourth-order valence-corrected chi connectivity index (χ4v) is 2.82. The van der Waals surface area contributed by atoms with Gasteiger partial charge >= 0.3 is 5.97 Å². The van der Waals surface area contributed by atoms with Crippen LogP contribution in [0, 0.1) is 5.92 Å². The highest BCUT2D eigenvalue weighted by Gasteiger charge is 2.24. The van der Waals surface area contributed by atoms with E-state index in [1.54, 1.807) is 20.8 Å². The molecule has 7 nitrogen and oxygen atoms in total. The average Bonchev–Trinajstić information content (AvgIpc) is 3.02. The maximum absolute atomic E-state index is 12.7. The van der Waals surface area contributed by atoms with E-state index in [1.165, 1.54) is 0 Å². The highest BCUT2D eigenvalue weighted by atomic mass is 16.4. The molecule has 2 aromatic rings. The lowest BCUT2D eigenvalue weighted by atomic mass is 10.0. The number of aliphatic carboxylic acids is 1. The van der Waals surface area contributed by atoms with Crippen LogP contribution >= 0.6 is 0 Å². The van der Waals surface area contributed by atoms with Crippen molar-refractivity contribution in [2.75, 3.05) is 0 Å². The van der Waals surface area contributed by atoms with Crippen LogP contribution in [0.4, 0.5) is 0 Å². The van der Waals surface area contributed by atoms with E-state index in [1.807, 2.05) is 30.5 Å². The maximum atomic E-state index is 12.7. The van der Waals surface area contributed by atoms with Crippen LogP contribution in [0.15, 0.2) is 30.5 Å². The molecule has 4 N–H and O–H groups in total. The smallest absolute Gasteiger partial charge is 0.303 e. The zero-order valence-corrected chi connectivity index (χ0v) is 15.9. The molecule has 0 saturated heterocycles. The number of H-pyrrole nitrogens is 1. The normalized spacial score (nSPS) is 13.3. The largest absolute Gasteiger partial charge is 0.481 e. The zero-order chi connectivity index (χ0) is 20.0. The van der Waals surface area contributed by atoms with Gasteiger partial charge in [0.05, 0.1) is 0 Å². The number of fused-ring (bicyclic) bond motifs is 1. The molecule has 27 heavy (non-hydrogen) atoms. The minimum atomic E-state index is -0.903. The minimum Gasteiger partial charge on any atom is -0.481 e. The van der Waals surface area contributed by atoms with Gasteiger partial charge < -0.3 is 20.7 Å². The van der Waals surface area contributed by atoms with Crippen LogP contribution in [0.2, 0.25) is 0 Å². The minimum absolute atomic E-state index is 0.0209. The summed E-state index contributed by atoms with van der Waals surface area (Å²) in [6, 6.07) is 6.75. The molecule has 0 saturated carbocycles. The average molecular weight is 373 g/mol. The molecular weight excluding hydrogens is 346 g/mol. The third-order valence-corrected chi connectivity index (χ3v) is 4.44. The molecule has 0 spiro atoms. The summed E-state index contributed by atoms with van der Waals surface area (Å²) in [5.41, 5.74) is 1.91. The van der Waals surface area contributed by atoms with Gasteiger partial charge in [-0.25, -0.2) is 0 Å². The molecule has 2 amide bonds. The first kappa shape index (κ1) is 20.5. The van der Waals surface area contributed by atoms with Crippen molar-refractivity contribution < 1.29 is 19.5 Å². The van der Waals surface area contributed by atoms with Crippen LogP contribution in [0.25, 0.3) is 10.9 Å². The van der Waals surface area contributed by atoms with Crippen molar-refractivity contribution in [1.82, 2.24) is 15.6 Å². The molecule has 0 bridgehead atoms. The van der Waals surface area contributed by atoms with Crippen molar-refractivity contribution >= 4 is 28.7 Å². The Kier molecular flexibility index (Phi) is 6.98. The van der Waals surface area contributed by atoms with E-state index in [2.05, 4.69) is 15.6 Å². The molecule has 0 aliphatic carbocycles. The predicted molar refractivity (Wildman–Crippen MR) is 103 cm³/mol. The number of benzene rings is 1. The first-order valence-corrected chi connectivity index (χ1v) is 9.15. The van der Waals surface area contributed by atoms with Gasteiger partial charge in [-0.2, -0.15) is 0 Å². The predicted octanol–water partition coefficient (Wildman–Crippen LogP) is 2.22. The number of amides is 2. The molecule has 1 aromatic carbocycles. The lowest BCUT2D eigenvalue weighted by molar-refractivity contribution is -0.137. The number of carboxylic acids is 1. The fraction of sp³-hybridized carbons (Fsp3) is 0.450. The maximum Gasteiger partial charge on any atom is 0.303 e. The summed E-state index contributed by atoms with van der Waals surface area (Å²) in [4.78, 5) is 38.8. The molecule has 1 heterocycles. The van der Waals surface area contributed by atoms with Crippen molar-refractivity contribution in [2.45, 2.75) is 52.1 Å². The van der Waals surface area contributed by atoms with E-state index < -0.39 is 12.0 Å². The van der Waals surface area contributed by atoms with Crippen LogP contribution in [-0.4, -0.2) is 40.0 Å². The highest BCUT2D eigenvalue weighted by Crippen LogP contribution is 2.19. The number of carbonyl (C=O) groups is 3. The first-order valence-electron chi connectivity index (χ1n) is 9.15. The number of nitrogens with one attached hydrogen (secondary N) is 3. The van der Waals surface area contributed by atoms with E-state index in [0.717, 1.165) is 16.5 Å².